The highest BCUT2D eigenvalue weighted by molar-refractivity contribution is 5.75. The number of hydrogen-bond acceptors (Lipinski definition) is 3. The van der Waals surface area contributed by atoms with E-state index >= 15 is 0 Å². The Hall–Kier alpha value is -3.30. The summed E-state index contributed by atoms with van der Waals surface area (Å²) in [6.07, 6.45) is 7.29. The zero-order valence-corrected chi connectivity index (χ0v) is 20.1. The molecule has 0 aliphatic carbocycles. The van der Waals surface area contributed by atoms with Crippen molar-refractivity contribution in [3.63, 3.8) is 0 Å². The fraction of sp³-hybridized carbons (Fsp3) is 0.290. The molecule has 3 aromatic rings. The summed E-state index contributed by atoms with van der Waals surface area (Å²) < 4.78 is 0. The zero-order valence-electron chi connectivity index (χ0n) is 20.1. The van der Waals surface area contributed by atoms with Crippen molar-refractivity contribution in [2.75, 3.05) is 13.1 Å². The van der Waals surface area contributed by atoms with Gasteiger partial charge < -0.3 is 10.2 Å². The summed E-state index contributed by atoms with van der Waals surface area (Å²) in [4.78, 5) is 2.51. The average Bonchev–Trinajstić information content (AvgIpc) is 2.85. The topological polar surface area (TPSA) is 43.7 Å². The molecule has 0 amide bonds. The number of benzene rings is 3. The molecule has 1 atom stereocenters. The molecule has 1 aliphatic rings. The molecule has 0 saturated carbocycles. The molecule has 1 heterocycles. The molecule has 0 bridgehead atoms. The summed E-state index contributed by atoms with van der Waals surface area (Å²) in [5.74, 6) is 1.27. The van der Waals surface area contributed by atoms with Crippen LogP contribution in [0, 0.1) is 5.92 Å². The number of aromatic hydroxyl groups is 2. The zero-order chi connectivity index (χ0) is 24.1. The first-order chi connectivity index (χ1) is 16.5. The number of phenols is 2. The molecule has 0 aromatic heterocycles. The molecule has 1 unspecified atom stereocenters. The first-order valence-electron chi connectivity index (χ1n) is 12.2. The average molecular weight is 454 g/mol. The first kappa shape index (κ1) is 23.8. The van der Waals surface area contributed by atoms with Gasteiger partial charge in [0.05, 0.1) is 6.04 Å². The second-order valence-electron chi connectivity index (χ2n) is 9.44. The molecule has 34 heavy (non-hydrogen) atoms. The highest BCUT2D eigenvalue weighted by atomic mass is 16.3. The van der Waals surface area contributed by atoms with E-state index in [0.29, 0.717) is 12.2 Å². The maximum atomic E-state index is 11.7. The van der Waals surface area contributed by atoms with Crippen LogP contribution >= 0.6 is 0 Å². The van der Waals surface area contributed by atoms with Gasteiger partial charge in [-0.2, -0.15) is 0 Å². The Morgan fingerprint density at radius 2 is 1.65 bits per heavy atom. The number of nitrogens with zero attached hydrogens (tertiary/aromatic N) is 1. The lowest BCUT2D eigenvalue weighted by atomic mass is 9.87. The lowest BCUT2D eigenvalue weighted by Crippen LogP contribution is -2.36. The molecule has 3 nitrogen and oxygen atoms in total. The van der Waals surface area contributed by atoms with Gasteiger partial charge in [0.2, 0.25) is 0 Å². The third kappa shape index (κ3) is 5.10. The van der Waals surface area contributed by atoms with Crippen LogP contribution in [-0.4, -0.2) is 28.2 Å². The summed E-state index contributed by atoms with van der Waals surface area (Å²) in [6.45, 7) is 12.1. The summed E-state index contributed by atoms with van der Waals surface area (Å²) in [5, 5.41) is 22.0. The Bertz CT molecular complexity index is 1140. The number of likely N-dealkylation sites (tertiary alicyclic amines) is 1. The van der Waals surface area contributed by atoms with Crippen LogP contribution in [0.15, 0.2) is 86.0 Å². The van der Waals surface area contributed by atoms with Crippen molar-refractivity contribution in [2.24, 2.45) is 5.92 Å². The van der Waals surface area contributed by atoms with Crippen LogP contribution in [0.2, 0.25) is 0 Å². The van der Waals surface area contributed by atoms with Gasteiger partial charge in [-0.3, -0.25) is 4.90 Å². The number of allylic oxidation sites excluding steroid dienone is 2. The van der Waals surface area contributed by atoms with Crippen LogP contribution in [0.3, 0.4) is 0 Å². The van der Waals surface area contributed by atoms with Crippen molar-refractivity contribution >= 4 is 0 Å². The van der Waals surface area contributed by atoms with Crippen molar-refractivity contribution in [1.29, 1.82) is 0 Å². The van der Waals surface area contributed by atoms with Crippen LogP contribution in [0.4, 0.5) is 0 Å². The molecule has 3 aromatic carbocycles. The number of hydrogen-bond donors (Lipinski definition) is 2. The Morgan fingerprint density at radius 1 is 0.941 bits per heavy atom. The Kier molecular flexibility index (Phi) is 7.54. The van der Waals surface area contributed by atoms with Crippen molar-refractivity contribution in [2.45, 2.75) is 38.6 Å². The van der Waals surface area contributed by atoms with E-state index in [4.69, 9.17) is 0 Å². The molecule has 0 radical (unpaired) electrons. The maximum Gasteiger partial charge on any atom is 0.128 e. The van der Waals surface area contributed by atoms with Gasteiger partial charge in [0.25, 0.3) is 0 Å². The van der Waals surface area contributed by atoms with Gasteiger partial charge in [0.1, 0.15) is 11.5 Å². The van der Waals surface area contributed by atoms with Crippen LogP contribution in [0.25, 0.3) is 11.1 Å². The molecule has 176 valence electrons. The molecular weight excluding hydrogens is 418 g/mol. The van der Waals surface area contributed by atoms with Gasteiger partial charge in [-0.15, -0.1) is 13.2 Å². The lowest BCUT2D eigenvalue weighted by Gasteiger charge is -2.38. The van der Waals surface area contributed by atoms with Crippen LogP contribution < -0.4 is 0 Å². The van der Waals surface area contributed by atoms with Gasteiger partial charge in [-0.1, -0.05) is 55.5 Å². The SMILES string of the molecule is C=CCc1cc(-c2ccc(O)c(CC=C)c2)c(O)c(C(c2ccccc2)N2CCC(C)CC2)c1. The van der Waals surface area contributed by atoms with E-state index in [9.17, 15) is 10.2 Å². The van der Waals surface area contributed by atoms with E-state index in [2.05, 4.69) is 55.3 Å². The molecule has 1 saturated heterocycles. The van der Waals surface area contributed by atoms with Gasteiger partial charge in [-0.05, 0) is 91.2 Å². The highest BCUT2D eigenvalue weighted by Crippen LogP contribution is 2.43. The van der Waals surface area contributed by atoms with Crippen molar-refractivity contribution in [3.8, 4) is 22.6 Å². The Morgan fingerprint density at radius 3 is 2.32 bits per heavy atom. The summed E-state index contributed by atoms with van der Waals surface area (Å²) >= 11 is 0. The monoisotopic (exact) mass is 453 g/mol. The molecule has 1 fully saturated rings. The van der Waals surface area contributed by atoms with E-state index < -0.39 is 0 Å². The Balaban J connectivity index is 1.88. The quantitative estimate of drug-likeness (QED) is 0.359. The van der Waals surface area contributed by atoms with Crippen LogP contribution in [0.5, 0.6) is 11.5 Å². The van der Waals surface area contributed by atoms with Gasteiger partial charge in [0, 0.05) is 11.1 Å². The smallest absolute Gasteiger partial charge is 0.128 e. The second kappa shape index (κ2) is 10.8. The van der Waals surface area contributed by atoms with Crippen LogP contribution in [0.1, 0.15) is 48.1 Å². The summed E-state index contributed by atoms with van der Waals surface area (Å²) in [5.41, 5.74) is 5.69. The molecular formula is C31H35NO2. The largest absolute Gasteiger partial charge is 0.508 e. The van der Waals surface area contributed by atoms with Crippen molar-refractivity contribution in [3.05, 3.63) is 108 Å². The highest BCUT2D eigenvalue weighted by Gasteiger charge is 2.29. The van der Waals surface area contributed by atoms with E-state index in [1.54, 1.807) is 12.1 Å². The molecule has 1 aliphatic heterocycles. The summed E-state index contributed by atoms with van der Waals surface area (Å²) in [6, 6.07) is 20.2. The molecule has 4 rings (SSSR count). The lowest BCUT2D eigenvalue weighted by molar-refractivity contribution is 0.156. The van der Waals surface area contributed by atoms with Gasteiger partial charge >= 0.3 is 0 Å². The first-order valence-corrected chi connectivity index (χ1v) is 12.2. The number of phenolic OH excluding ortho intramolecular Hbond substituents is 2. The minimum Gasteiger partial charge on any atom is -0.508 e. The van der Waals surface area contributed by atoms with E-state index in [-0.39, 0.29) is 11.8 Å². The van der Waals surface area contributed by atoms with Gasteiger partial charge in [0.15, 0.2) is 0 Å². The van der Waals surface area contributed by atoms with E-state index in [1.165, 1.54) is 5.56 Å². The van der Waals surface area contributed by atoms with Crippen molar-refractivity contribution in [1.82, 2.24) is 4.90 Å². The fourth-order valence-electron chi connectivity index (χ4n) is 5.01. The van der Waals surface area contributed by atoms with E-state index in [1.807, 2.05) is 30.3 Å². The van der Waals surface area contributed by atoms with Crippen LogP contribution in [-0.2, 0) is 12.8 Å². The normalized spacial score (nSPS) is 15.7. The number of rotatable bonds is 8. The minimum absolute atomic E-state index is 0.0259. The molecule has 0 spiro atoms. The Labute approximate surface area is 203 Å². The fourth-order valence-corrected chi connectivity index (χ4v) is 5.01. The second-order valence-corrected chi connectivity index (χ2v) is 9.44. The molecule has 3 heteroatoms. The predicted octanol–water partition coefficient (Wildman–Crippen LogP) is 7.04. The third-order valence-corrected chi connectivity index (χ3v) is 6.93. The predicted molar refractivity (Wildman–Crippen MR) is 141 cm³/mol. The van der Waals surface area contributed by atoms with E-state index in [0.717, 1.165) is 66.1 Å². The van der Waals surface area contributed by atoms with Crippen molar-refractivity contribution < 1.29 is 10.2 Å². The molecule has 2 N–H and O–H groups in total. The standard InChI is InChI=1S/C31H35NO2/c1-4-9-23-19-27(25-13-14-29(33)26(21-25)10-5-2)31(34)28(20-23)30(24-11-7-6-8-12-24)32-17-15-22(3)16-18-32/h4-8,11-14,19-22,30,33-34H,1-2,9-10,15-18H2,3H3. The number of piperidine rings is 1. The summed E-state index contributed by atoms with van der Waals surface area (Å²) in [7, 11) is 0. The maximum absolute atomic E-state index is 11.7. The van der Waals surface area contributed by atoms with Gasteiger partial charge in [-0.25, -0.2) is 0 Å². The minimum atomic E-state index is -0.0259. The third-order valence-electron chi connectivity index (χ3n) is 6.93.